The van der Waals surface area contributed by atoms with Gasteiger partial charge in [0.05, 0.1) is 23.5 Å². The minimum Gasteiger partial charge on any atom is -0.391 e. The van der Waals surface area contributed by atoms with Crippen LogP contribution in [0.1, 0.15) is 66.3 Å². The molecule has 6 heterocycles. The van der Waals surface area contributed by atoms with Crippen LogP contribution in [0.2, 0.25) is 0 Å². The Morgan fingerprint density at radius 1 is 1.07 bits per heavy atom. The van der Waals surface area contributed by atoms with E-state index in [9.17, 15) is 19.5 Å². The average Bonchev–Trinajstić information content (AvgIpc) is 3.94. The van der Waals surface area contributed by atoms with E-state index in [-0.39, 0.29) is 42.3 Å². The van der Waals surface area contributed by atoms with Gasteiger partial charge < -0.3 is 19.7 Å². The number of aliphatic hydroxyl groups is 1. The predicted molar refractivity (Wildman–Crippen MR) is 162 cm³/mol. The normalized spacial score (nSPS) is 24.6. The van der Waals surface area contributed by atoms with Crippen molar-refractivity contribution >= 4 is 40.8 Å². The molecule has 4 aliphatic rings. The fraction of sp³-hybridized carbons (Fsp3) is 0.419. The number of urea groups is 1. The standard InChI is InChI=1S/C31H32N10O4/c1-16-5-6-32-28(35-16)20-9-21(20)30(44)37-25-10-26(34-15-33-25)40-12-19(42)8-23(40)22-13-39-11-18(17-3-4-17)7-24(29(39)36-22)41-14-27(43)38(2)31(41)45/h5-7,10-11,13,15,17,19-21,23,42H,3-4,8-9,12,14H2,1-2H3,(H,33,34,37,44)/t19-,20?,21?,23+/m0/s1. The number of amides is 4. The molecule has 4 aromatic rings. The van der Waals surface area contributed by atoms with Gasteiger partial charge in [-0.3, -0.25) is 19.4 Å². The van der Waals surface area contributed by atoms with E-state index in [0.717, 1.165) is 29.0 Å². The number of β-amino-alcohol motifs (C(OH)–C–C–N with tert-alkyl or cyclic N) is 1. The Hall–Kier alpha value is -4.98. The molecule has 0 bridgehead atoms. The van der Waals surface area contributed by atoms with Crippen LogP contribution in [-0.4, -0.2) is 83.4 Å². The summed E-state index contributed by atoms with van der Waals surface area (Å²) in [5.41, 5.74) is 3.84. The number of pyridine rings is 1. The highest BCUT2D eigenvalue weighted by Crippen LogP contribution is 2.47. The fourth-order valence-electron chi connectivity index (χ4n) is 6.46. The van der Waals surface area contributed by atoms with Crippen LogP contribution in [0, 0.1) is 12.8 Å². The Labute approximate surface area is 258 Å². The number of imide groups is 1. The van der Waals surface area contributed by atoms with Crippen LogP contribution in [0.4, 0.5) is 22.1 Å². The molecule has 230 valence electrons. The molecule has 14 heteroatoms. The summed E-state index contributed by atoms with van der Waals surface area (Å²) >= 11 is 0. The SMILES string of the molecule is Cc1ccnc(C2CC2C(=O)Nc2cc(N3C[C@@H](O)C[C@@H]3c3cn4cc(C5CC5)cc(N5CC(=O)N(C)C5=O)c4n3)ncn2)n1. The van der Waals surface area contributed by atoms with Gasteiger partial charge in [-0.25, -0.2) is 29.7 Å². The van der Waals surface area contributed by atoms with Crippen molar-refractivity contribution < 1.29 is 19.5 Å². The molecule has 0 spiro atoms. The zero-order chi connectivity index (χ0) is 31.0. The van der Waals surface area contributed by atoms with Crippen molar-refractivity contribution in [2.24, 2.45) is 5.92 Å². The van der Waals surface area contributed by atoms with Gasteiger partial charge in [-0.15, -0.1) is 0 Å². The molecule has 2 aliphatic heterocycles. The molecule has 4 aromatic heterocycles. The lowest BCUT2D eigenvalue weighted by molar-refractivity contribution is -0.124. The molecule has 2 unspecified atom stereocenters. The van der Waals surface area contributed by atoms with Crippen LogP contribution in [0.5, 0.6) is 0 Å². The summed E-state index contributed by atoms with van der Waals surface area (Å²) in [4.78, 5) is 65.5. The maximum atomic E-state index is 13.1. The van der Waals surface area contributed by atoms with Gasteiger partial charge in [0.2, 0.25) is 11.8 Å². The summed E-state index contributed by atoms with van der Waals surface area (Å²) in [5, 5.41) is 13.7. The van der Waals surface area contributed by atoms with Gasteiger partial charge in [0.1, 0.15) is 30.3 Å². The van der Waals surface area contributed by atoms with Gasteiger partial charge in [0, 0.05) is 62.2 Å². The predicted octanol–water partition coefficient (Wildman–Crippen LogP) is 2.55. The molecule has 4 amide bonds. The first-order chi connectivity index (χ1) is 21.7. The van der Waals surface area contributed by atoms with E-state index in [0.29, 0.717) is 59.8 Å². The second-order valence-electron chi connectivity index (χ2n) is 12.5. The zero-order valence-corrected chi connectivity index (χ0v) is 24.9. The van der Waals surface area contributed by atoms with E-state index < -0.39 is 6.10 Å². The number of nitrogens with one attached hydrogen (secondary N) is 1. The van der Waals surface area contributed by atoms with E-state index >= 15 is 0 Å². The quantitative estimate of drug-likeness (QED) is 0.298. The molecule has 0 aromatic carbocycles. The number of likely N-dealkylation sites (N-methyl/N-ethyl adjacent to an activating group) is 1. The molecule has 4 atom stereocenters. The van der Waals surface area contributed by atoms with E-state index in [2.05, 4.69) is 25.3 Å². The lowest BCUT2D eigenvalue weighted by Gasteiger charge is -2.24. The summed E-state index contributed by atoms with van der Waals surface area (Å²) in [6.07, 6.45) is 9.72. The molecule has 4 fully saturated rings. The molecule has 0 radical (unpaired) electrons. The number of rotatable bonds is 7. The van der Waals surface area contributed by atoms with Crippen molar-refractivity contribution in [2.75, 3.05) is 35.3 Å². The first kappa shape index (κ1) is 27.6. The number of aromatic nitrogens is 6. The highest BCUT2D eigenvalue weighted by molar-refractivity contribution is 6.13. The zero-order valence-electron chi connectivity index (χ0n) is 24.9. The fourth-order valence-corrected chi connectivity index (χ4v) is 6.46. The molecule has 8 rings (SSSR count). The van der Waals surface area contributed by atoms with Crippen molar-refractivity contribution in [1.29, 1.82) is 0 Å². The Bertz CT molecular complexity index is 1870. The minimum atomic E-state index is -0.623. The maximum Gasteiger partial charge on any atom is 0.331 e. The third-order valence-electron chi connectivity index (χ3n) is 9.19. The van der Waals surface area contributed by atoms with Crippen LogP contribution >= 0.6 is 0 Å². The van der Waals surface area contributed by atoms with Gasteiger partial charge in [-0.1, -0.05) is 0 Å². The summed E-state index contributed by atoms with van der Waals surface area (Å²) in [7, 11) is 1.49. The third-order valence-corrected chi connectivity index (χ3v) is 9.19. The van der Waals surface area contributed by atoms with Gasteiger partial charge in [0.15, 0.2) is 5.65 Å². The number of fused-ring (bicyclic) bond motifs is 1. The monoisotopic (exact) mass is 608 g/mol. The number of imidazole rings is 1. The van der Waals surface area contributed by atoms with Gasteiger partial charge in [-0.05, 0) is 49.8 Å². The molecular formula is C31H32N10O4. The van der Waals surface area contributed by atoms with Crippen LogP contribution in [0.3, 0.4) is 0 Å². The lowest BCUT2D eigenvalue weighted by Crippen LogP contribution is -2.30. The number of hydrogen-bond acceptors (Lipinski definition) is 10. The smallest absolute Gasteiger partial charge is 0.331 e. The van der Waals surface area contributed by atoms with Gasteiger partial charge in [0.25, 0.3) is 0 Å². The number of aliphatic hydroxyl groups excluding tert-OH is 1. The number of hydrogen-bond donors (Lipinski definition) is 2. The Morgan fingerprint density at radius 3 is 2.67 bits per heavy atom. The third kappa shape index (κ3) is 4.94. The Morgan fingerprint density at radius 2 is 1.91 bits per heavy atom. The second kappa shape index (κ2) is 10.3. The molecule has 2 saturated carbocycles. The Balaban J connectivity index is 1.06. The molecule has 2 aliphatic carbocycles. The van der Waals surface area contributed by atoms with Gasteiger partial charge in [-0.2, -0.15) is 0 Å². The molecule has 2 saturated heterocycles. The molecule has 45 heavy (non-hydrogen) atoms. The van der Waals surface area contributed by atoms with Crippen molar-refractivity contribution in [1.82, 2.24) is 34.2 Å². The first-order valence-electron chi connectivity index (χ1n) is 15.2. The van der Waals surface area contributed by atoms with Crippen LogP contribution in [0.15, 0.2) is 43.1 Å². The summed E-state index contributed by atoms with van der Waals surface area (Å²) in [5.74, 6) is 1.37. The van der Waals surface area contributed by atoms with Crippen LogP contribution in [0.25, 0.3) is 5.65 Å². The Kier molecular flexibility index (Phi) is 6.31. The highest BCUT2D eigenvalue weighted by Gasteiger charge is 2.46. The number of carbonyl (C=O) groups is 3. The summed E-state index contributed by atoms with van der Waals surface area (Å²) < 4.78 is 1.92. The van der Waals surface area contributed by atoms with E-state index in [1.54, 1.807) is 12.3 Å². The topological polar surface area (TPSA) is 162 Å². The van der Waals surface area contributed by atoms with Crippen molar-refractivity contribution in [3.63, 3.8) is 0 Å². The molecule has 2 N–H and O–H groups in total. The number of nitrogens with zero attached hydrogens (tertiary/aromatic N) is 9. The van der Waals surface area contributed by atoms with Gasteiger partial charge >= 0.3 is 6.03 Å². The molecule has 14 nitrogen and oxygen atoms in total. The largest absolute Gasteiger partial charge is 0.391 e. The van der Waals surface area contributed by atoms with E-state index in [1.165, 1.54) is 18.3 Å². The van der Waals surface area contributed by atoms with Crippen LogP contribution in [-0.2, 0) is 9.59 Å². The lowest BCUT2D eigenvalue weighted by atomic mass is 10.1. The van der Waals surface area contributed by atoms with Crippen molar-refractivity contribution in [2.45, 2.75) is 56.6 Å². The van der Waals surface area contributed by atoms with Crippen molar-refractivity contribution in [3.05, 3.63) is 65.9 Å². The van der Waals surface area contributed by atoms with Crippen molar-refractivity contribution in [3.8, 4) is 0 Å². The number of anilines is 3. The summed E-state index contributed by atoms with van der Waals surface area (Å²) in [6.45, 7) is 2.19. The maximum absolute atomic E-state index is 13.1. The average molecular weight is 609 g/mol. The second-order valence-corrected chi connectivity index (χ2v) is 12.5. The van der Waals surface area contributed by atoms with E-state index in [4.69, 9.17) is 4.98 Å². The van der Waals surface area contributed by atoms with Crippen LogP contribution < -0.4 is 15.1 Å². The number of carbonyl (C=O) groups excluding carboxylic acids is 3. The molecular weight excluding hydrogens is 576 g/mol. The number of aryl methyl sites for hydroxylation is 1. The highest BCUT2D eigenvalue weighted by atomic mass is 16.3. The summed E-state index contributed by atoms with van der Waals surface area (Å²) in [6, 6.07) is 4.82. The van der Waals surface area contributed by atoms with E-state index in [1.807, 2.05) is 40.8 Å². The first-order valence-corrected chi connectivity index (χ1v) is 15.2. The minimum absolute atomic E-state index is 0.0148.